The Morgan fingerprint density at radius 1 is 1.22 bits per heavy atom. The van der Waals surface area contributed by atoms with Crippen LogP contribution in [0.3, 0.4) is 0 Å². The van der Waals surface area contributed by atoms with Crippen molar-refractivity contribution in [2.24, 2.45) is 5.73 Å². The van der Waals surface area contributed by atoms with Crippen LogP contribution in [0.15, 0.2) is 0 Å². The molecule has 18 heavy (non-hydrogen) atoms. The maximum atomic E-state index is 11.4. The lowest BCUT2D eigenvalue weighted by atomic mass is 9.97. The Morgan fingerprint density at radius 3 is 2.22 bits per heavy atom. The number of carbonyl (C=O) groups excluding carboxylic acids is 1. The second-order valence-electron chi connectivity index (χ2n) is 5.30. The molecule has 0 rings (SSSR count). The van der Waals surface area contributed by atoms with Crippen LogP contribution in [-0.2, 0) is 14.3 Å². The smallest absolute Gasteiger partial charge is 0.237 e. The lowest BCUT2D eigenvalue weighted by Gasteiger charge is -2.27. The van der Waals surface area contributed by atoms with Crippen LogP contribution in [0.5, 0.6) is 0 Å². The van der Waals surface area contributed by atoms with E-state index in [2.05, 4.69) is 5.32 Å². The molecule has 0 heterocycles. The molecule has 1 unspecified atom stereocenters. The minimum absolute atomic E-state index is 0.172. The molecule has 0 aliphatic carbocycles. The van der Waals surface area contributed by atoms with Gasteiger partial charge in [-0.1, -0.05) is 6.92 Å². The molecule has 5 heteroatoms. The van der Waals surface area contributed by atoms with Gasteiger partial charge in [0.15, 0.2) is 0 Å². The number of ether oxygens (including phenoxy) is 2. The predicted molar refractivity (Wildman–Crippen MR) is 72.4 cm³/mol. The molecule has 0 bridgehead atoms. The number of rotatable bonds is 10. The van der Waals surface area contributed by atoms with E-state index in [1.165, 1.54) is 0 Å². The van der Waals surface area contributed by atoms with Gasteiger partial charge in [-0.15, -0.1) is 0 Å². The molecule has 5 nitrogen and oxygen atoms in total. The van der Waals surface area contributed by atoms with Gasteiger partial charge in [-0.3, -0.25) is 4.79 Å². The van der Waals surface area contributed by atoms with Gasteiger partial charge in [-0.25, -0.2) is 0 Å². The first-order chi connectivity index (χ1) is 8.27. The summed E-state index contributed by atoms with van der Waals surface area (Å²) in [6.07, 6.45) is 1.39. The standard InChI is InChI=1S/C13H28N2O3/c1-6-15-13(4,11(14)16)8-10-18-9-7-12(2,3)17-5/h15H,6-10H2,1-5H3,(H2,14,16). The molecule has 3 N–H and O–H groups in total. The molecule has 0 aromatic rings. The van der Waals surface area contributed by atoms with E-state index >= 15 is 0 Å². The zero-order chi connectivity index (χ0) is 14.2. The van der Waals surface area contributed by atoms with E-state index in [4.69, 9.17) is 15.2 Å². The Morgan fingerprint density at radius 2 is 1.78 bits per heavy atom. The van der Waals surface area contributed by atoms with Crippen molar-refractivity contribution in [3.63, 3.8) is 0 Å². The van der Waals surface area contributed by atoms with Crippen LogP contribution >= 0.6 is 0 Å². The predicted octanol–water partition coefficient (Wildman–Crippen LogP) is 1.06. The van der Waals surface area contributed by atoms with Gasteiger partial charge in [0, 0.05) is 20.3 Å². The number of nitrogens with two attached hydrogens (primary N) is 1. The van der Waals surface area contributed by atoms with Crippen molar-refractivity contribution in [2.45, 2.75) is 51.7 Å². The molecule has 0 aliphatic rings. The number of amides is 1. The van der Waals surface area contributed by atoms with E-state index in [0.717, 1.165) is 6.42 Å². The maximum absolute atomic E-state index is 11.4. The summed E-state index contributed by atoms with van der Waals surface area (Å²) >= 11 is 0. The fraction of sp³-hybridized carbons (Fsp3) is 0.923. The molecule has 1 amide bonds. The van der Waals surface area contributed by atoms with Crippen LogP contribution in [0, 0.1) is 0 Å². The second-order valence-corrected chi connectivity index (χ2v) is 5.30. The Hall–Kier alpha value is -0.650. The van der Waals surface area contributed by atoms with Gasteiger partial charge >= 0.3 is 0 Å². The van der Waals surface area contributed by atoms with Crippen LogP contribution in [0.4, 0.5) is 0 Å². The van der Waals surface area contributed by atoms with Crippen molar-refractivity contribution in [3.8, 4) is 0 Å². The summed E-state index contributed by atoms with van der Waals surface area (Å²) in [7, 11) is 1.69. The van der Waals surface area contributed by atoms with E-state index in [1.807, 2.05) is 20.8 Å². The minimum atomic E-state index is -0.689. The van der Waals surface area contributed by atoms with Gasteiger partial charge in [0.1, 0.15) is 0 Å². The van der Waals surface area contributed by atoms with Gasteiger partial charge in [0.2, 0.25) is 5.91 Å². The first kappa shape index (κ1) is 17.4. The topological polar surface area (TPSA) is 73.6 Å². The number of hydrogen-bond acceptors (Lipinski definition) is 4. The van der Waals surface area contributed by atoms with Crippen molar-refractivity contribution in [1.82, 2.24) is 5.32 Å². The zero-order valence-corrected chi connectivity index (χ0v) is 12.3. The third-order valence-corrected chi connectivity index (χ3v) is 3.26. The average molecular weight is 260 g/mol. The van der Waals surface area contributed by atoms with Crippen LogP contribution in [0.2, 0.25) is 0 Å². The normalized spacial score (nSPS) is 15.4. The van der Waals surface area contributed by atoms with E-state index in [9.17, 15) is 4.79 Å². The van der Waals surface area contributed by atoms with Crippen molar-refractivity contribution in [2.75, 3.05) is 26.9 Å². The summed E-state index contributed by atoms with van der Waals surface area (Å²) < 4.78 is 10.8. The highest BCUT2D eigenvalue weighted by Crippen LogP contribution is 2.13. The average Bonchev–Trinajstić information content (AvgIpc) is 2.28. The molecule has 0 aromatic heterocycles. The molecule has 0 aliphatic heterocycles. The molecular weight excluding hydrogens is 232 g/mol. The lowest BCUT2D eigenvalue weighted by molar-refractivity contribution is -0.124. The summed E-state index contributed by atoms with van der Waals surface area (Å²) in [5, 5.41) is 3.10. The Balaban J connectivity index is 3.92. The Kier molecular flexibility index (Phi) is 7.43. The lowest BCUT2D eigenvalue weighted by Crippen LogP contribution is -2.53. The fourth-order valence-corrected chi connectivity index (χ4v) is 1.49. The molecule has 0 saturated carbocycles. The van der Waals surface area contributed by atoms with Crippen LogP contribution in [-0.4, -0.2) is 43.9 Å². The fourth-order valence-electron chi connectivity index (χ4n) is 1.49. The Bertz CT molecular complexity index is 257. The first-order valence-electron chi connectivity index (χ1n) is 6.45. The third kappa shape index (κ3) is 6.33. The summed E-state index contributed by atoms with van der Waals surface area (Å²) in [6, 6.07) is 0. The number of likely N-dealkylation sites (N-methyl/N-ethyl adjacent to an activating group) is 1. The summed E-state index contributed by atoms with van der Waals surface area (Å²) in [5.74, 6) is -0.342. The largest absolute Gasteiger partial charge is 0.381 e. The molecule has 1 atom stereocenters. The third-order valence-electron chi connectivity index (χ3n) is 3.26. The van der Waals surface area contributed by atoms with E-state index in [0.29, 0.717) is 26.2 Å². The van der Waals surface area contributed by atoms with Crippen LogP contribution < -0.4 is 11.1 Å². The highest BCUT2D eigenvalue weighted by atomic mass is 16.5. The van der Waals surface area contributed by atoms with Gasteiger partial charge in [0.05, 0.1) is 11.1 Å². The van der Waals surface area contributed by atoms with Gasteiger partial charge < -0.3 is 20.5 Å². The van der Waals surface area contributed by atoms with Crippen molar-refractivity contribution < 1.29 is 14.3 Å². The van der Waals surface area contributed by atoms with E-state index in [-0.39, 0.29) is 11.5 Å². The van der Waals surface area contributed by atoms with Crippen molar-refractivity contribution >= 4 is 5.91 Å². The van der Waals surface area contributed by atoms with Crippen LogP contribution in [0.1, 0.15) is 40.5 Å². The number of carbonyl (C=O) groups is 1. The number of primary amides is 1. The zero-order valence-electron chi connectivity index (χ0n) is 12.3. The molecule has 0 saturated heterocycles. The monoisotopic (exact) mass is 260 g/mol. The van der Waals surface area contributed by atoms with Crippen LogP contribution in [0.25, 0.3) is 0 Å². The highest BCUT2D eigenvalue weighted by molar-refractivity contribution is 5.84. The first-order valence-corrected chi connectivity index (χ1v) is 6.45. The SMILES string of the molecule is CCNC(C)(CCOCCC(C)(C)OC)C(N)=O. The summed E-state index contributed by atoms with van der Waals surface area (Å²) in [5.41, 5.74) is 4.52. The molecular formula is C13H28N2O3. The van der Waals surface area contributed by atoms with Gasteiger partial charge in [-0.05, 0) is 40.2 Å². The number of hydrogen-bond donors (Lipinski definition) is 2. The highest BCUT2D eigenvalue weighted by Gasteiger charge is 2.29. The van der Waals surface area contributed by atoms with E-state index in [1.54, 1.807) is 14.0 Å². The van der Waals surface area contributed by atoms with Crippen molar-refractivity contribution in [3.05, 3.63) is 0 Å². The van der Waals surface area contributed by atoms with Gasteiger partial charge in [0.25, 0.3) is 0 Å². The Labute approximate surface area is 110 Å². The molecule has 0 fully saturated rings. The van der Waals surface area contributed by atoms with Crippen molar-refractivity contribution in [1.29, 1.82) is 0 Å². The van der Waals surface area contributed by atoms with E-state index < -0.39 is 5.54 Å². The van der Waals surface area contributed by atoms with Gasteiger partial charge in [-0.2, -0.15) is 0 Å². The molecule has 108 valence electrons. The molecule has 0 radical (unpaired) electrons. The number of nitrogens with one attached hydrogen (secondary N) is 1. The second kappa shape index (κ2) is 7.71. The number of methoxy groups -OCH3 is 1. The minimum Gasteiger partial charge on any atom is -0.381 e. The summed E-state index contributed by atoms with van der Waals surface area (Å²) in [4.78, 5) is 11.4. The molecule has 0 aromatic carbocycles. The molecule has 0 spiro atoms. The quantitative estimate of drug-likeness (QED) is 0.576. The maximum Gasteiger partial charge on any atom is 0.237 e. The summed E-state index contributed by atoms with van der Waals surface area (Å²) in [6.45, 7) is 9.61.